The van der Waals surface area contributed by atoms with Crippen molar-refractivity contribution in [1.29, 1.82) is 0 Å². The minimum atomic E-state index is -0.0459. The molecule has 1 atom stereocenters. The second-order valence-corrected chi connectivity index (χ2v) is 13.9. The van der Waals surface area contributed by atoms with Crippen molar-refractivity contribution >= 4 is 54.9 Å². The summed E-state index contributed by atoms with van der Waals surface area (Å²) in [6.45, 7) is 0. The molecule has 3 heterocycles. The van der Waals surface area contributed by atoms with Crippen molar-refractivity contribution in [2.45, 2.75) is 6.04 Å². The maximum atomic E-state index is 6.31. The van der Waals surface area contributed by atoms with Crippen molar-refractivity contribution in [3.63, 3.8) is 0 Å². The summed E-state index contributed by atoms with van der Waals surface area (Å²) in [6.07, 6.45) is 0. The summed E-state index contributed by atoms with van der Waals surface area (Å²) < 4.78 is 7.56. The Morgan fingerprint density at radius 2 is 1.04 bits per heavy atom. The molecule has 1 unspecified atom stereocenters. The predicted octanol–water partition coefficient (Wildman–Crippen LogP) is 12.6. The highest BCUT2D eigenvalue weighted by Crippen LogP contribution is 2.46. The van der Waals surface area contributed by atoms with Gasteiger partial charge >= 0.3 is 0 Å². The summed E-state index contributed by atoms with van der Waals surface area (Å²) >= 11 is 1.82. The van der Waals surface area contributed by atoms with Gasteiger partial charge in [0.1, 0.15) is 17.0 Å². The van der Waals surface area contributed by atoms with Crippen LogP contribution in [0.1, 0.15) is 22.0 Å². The van der Waals surface area contributed by atoms with Crippen molar-refractivity contribution in [3.8, 4) is 33.4 Å². The number of aliphatic imine (C=N–C) groups is 1. The van der Waals surface area contributed by atoms with Crippen LogP contribution in [-0.4, -0.2) is 5.84 Å². The highest BCUT2D eigenvalue weighted by Gasteiger charge is 2.28. The summed E-state index contributed by atoms with van der Waals surface area (Å²) in [5.74, 6) is 0.863. The molecule has 3 nitrogen and oxygen atoms in total. The molecule has 4 heteroatoms. The lowest BCUT2D eigenvalue weighted by molar-refractivity contribution is 0.669. The van der Waals surface area contributed by atoms with Gasteiger partial charge in [-0.25, -0.2) is 4.99 Å². The number of nitrogens with zero attached hydrogens (tertiary/aromatic N) is 1. The smallest absolute Gasteiger partial charge is 0.136 e. The van der Waals surface area contributed by atoms with Crippen LogP contribution in [0.3, 0.4) is 0 Å². The molecule has 9 aromatic rings. The molecule has 10 rings (SSSR count). The van der Waals surface area contributed by atoms with Gasteiger partial charge in [-0.1, -0.05) is 127 Å². The first-order valence-corrected chi connectivity index (χ1v) is 17.7. The van der Waals surface area contributed by atoms with Gasteiger partial charge in [0, 0.05) is 26.4 Å². The van der Waals surface area contributed by atoms with Crippen LogP contribution in [0, 0.1) is 0 Å². The lowest BCUT2D eigenvalue weighted by Crippen LogP contribution is -2.32. The van der Waals surface area contributed by atoms with E-state index in [2.05, 4.69) is 163 Å². The standard InChI is InChI=1S/C46H30N2OS/c1-3-11-29(12-4-1)31-19-21-32(22-20-31)43-45-44(39-16-8-10-18-42(39)50-45)48-46(47-43)36-26-34(30-13-5-2-6-14-30)25-35(27-36)33-23-24-38-37-15-7-9-17-40(37)49-41(38)28-33/h1-28,43H,(H,47,48). The number of amidine groups is 1. The lowest BCUT2D eigenvalue weighted by Gasteiger charge is -2.26. The van der Waals surface area contributed by atoms with E-state index in [0.717, 1.165) is 61.3 Å². The fourth-order valence-electron chi connectivity index (χ4n) is 7.22. The van der Waals surface area contributed by atoms with E-state index in [0.29, 0.717) is 0 Å². The molecule has 0 fully saturated rings. The van der Waals surface area contributed by atoms with Gasteiger partial charge in [-0.3, -0.25) is 0 Å². The number of para-hydroxylation sites is 1. The molecule has 0 bridgehead atoms. The number of thiophene rings is 1. The van der Waals surface area contributed by atoms with Crippen molar-refractivity contribution in [1.82, 2.24) is 5.32 Å². The molecule has 0 saturated carbocycles. The Hall–Kier alpha value is -6.23. The van der Waals surface area contributed by atoms with E-state index in [-0.39, 0.29) is 6.04 Å². The number of fused-ring (bicyclic) bond motifs is 6. The molecular weight excluding hydrogens is 629 g/mol. The number of hydrogen-bond acceptors (Lipinski definition) is 4. The first kappa shape index (κ1) is 28.8. The SMILES string of the molecule is c1ccc(-c2ccc(C3NC(c4cc(-c5ccccc5)cc(-c5ccc6c(c5)oc5ccccc56)c4)=Nc4c3sc3ccccc43)cc2)cc1. The Balaban J connectivity index is 1.13. The number of furan rings is 1. The maximum absolute atomic E-state index is 6.31. The highest BCUT2D eigenvalue weighted by molar-refractivity contribution is 7.19. The van der Waals surface area contributed by atoms with E-state index in [4.69, 9.17) is 9.41 Å². The van der Waals surface area contributed by atoms with Crippen molar-refractivity contribution in [2.75, 3.05) is 0 Å². The van der Waals surface area contributed by atoms with Crippen molar-refractivity contribution in [2.24, 2.45) is 4.99 Å². The van der Waals surface area contributed by atoms with E-state index in [9.17, 15) is 0 Å². The van der Waals surface area contributed by atoms with E-state index in [1.54, 1.807) is 0 Å². The molecule has 0 spiro atoms. The Kier molecular flexibility index (Phi) is 6.74. The third-order valence-corrected chi connectivity index (χ3v) is 11.0. The van der Waals surface area contributed by atoms with Gasteiger partial charge in [0.05, 0.1) is 16.6 Å². The van der Waals surface area contributed by atoms with Crippen LogP contribution in [0.25, 0.3) is 65.4 Å². The molecule has 0 amide bonds. The molecule has 0 radical (unpaired) electrons. The Morgan fingerprint density at radius 3 is 1.82 bits per heavy atom. The normalized spacial score (nSPS) is 14.1. The van der Waals surface area contributed by atoms with Gasteiger partial charge in [0.2, 0.25) is 0 Å². The number of hydrogen-bond donors (Lipinski definition) is 1. The largest absolute Gasteiger partial charge is 0.456 e. The molecule has 2 aromatic heterocycles. The van der Waals surface area contributed by atoms with E-state index >= 15 is 0 Å². The molecule has 0 aliphatic carbocycles. The summed E-state index contributed by atoms with van der Waals surface area (Å²) in [4.78, 5) is 6.62. The maximum Gasteiger partial charge on any atom is 0.136 e. The molecule has 7 aromatic carbocycles. The van der Waals surface area contributed by atoms with Crippen molar-refractivity contribution in [3.05, 3.63) is 186 Å². The second kappa shape index (κ2) is 11.7. The van der Waals surface area contributed by atoms with Crippen LogP contribution in [0.15, 0.2) is 179 Å². The number of rotatable bonds is 5. The zero-order valence-corrected chi connectivity index (χ0v) is 27.8. The predicted molar refractivity (Wildman–Crippen MR) is 209 cm³/mol. The fraction of sp³-hybridized carbons (Fsp3) is 0.0217. The van der Waals surface area contributed by atoms with Gasteiger partial charge in [-0.2, -0.15) is 0 Å². The quantitative estimate of drug-likeness (QED) is 0.200. The Morgan fingerprint density at radius 1 is 0.460 bits per heavy atom. The number of nitrogens with one attached hydrogen (secondary N) is 1. The van der Waals surface area contributed by atoms with E-state index in [1.165, 1.54) is 31.7 Å². The van der Waals surface area contributed by atoms with Gasteiger partial charge in [-0.05, 0) is 81.4 Å². The van der Waals surface area contributed by atoms with E-state index < -0.39 is 0 Å². The zero-order chi connectivity index (χ0) is 33.0. The molecule has 1 N–H and O–H groups in total. The fourth-order valence-corrected chi connectivity index (χ4v) is 8.45. The highest BCUT2D eigenvalue weighted by atomic mass is 32.1. The van der Waals surface area contributed by atoms with Crippen LogP contribution in [0.5, 0.6) is 0 Å². The first-order chi connectivity index (χ1) is 24.7. The first-order valence-electron chi connectivity index (χ1n) is 16.9. The Bertz CT molecular complexity index is 2720. The van der Waals surface area contributed by atoms with Crippen LogP contribution in [-0.2, 0) is 0 Å². The van der Waals surface area contributed by atoms with E-state index in [1.807, 2.05) is 23.5 Å². The molecule has 50 heavy (non-hydrogen) atoms. The molecule has 1 aliphatic heterocycles. The second-order valence-electron chi connectivity index (χ2n) is 12.8. The van der Waals surface area contributed by atoms with Crippen LogP contribution < -0.4 is 5.32 Å². The third kappa shape index (κ3) is 4.92. The third-order valence-electron chi connectivity index (χ3n) is 9.74. The number of benzene rings is 7. The van der Waals surface area contributed by atoms with Gasteiger partial charge in [0.15, 0.2) is 0 Å². The average Bonchev–Trinajstić information content (AvgIpc) is 3.76. The van der Waals surface area contributed by atoms with Crippen LogP contribution >= 0.6 is 11.3 Å². The minimum absolute atomic E-state index is 0.0459. The summed E-state index contributed by atoms with van der Waals surface area (Å²) in [5, 5.41) is 7.36. The summed E-state index contributed by atoms with van der Waals surface area (Å²) in [6, 6.07) is 60.3. The van der Waals surface area contributed by atoms with Crippen molar-refractivity contribution < 1.29 is 4.42 Å². The van der Waals surface area contributed by atoms with Crippen LogP contribution in [0.4, 0.5) is 5.69 Å². The average molecular weight is 659 g/mol. The topological polar surface area (TPSA) is 37.5 Å². The van der Waals surface area contributed by atoms with Gasteiger partial charge < -0.3 is 9.73 Å². The Labute approximate surface area is 293 Å². The monoisotopic (exact) mass is 658 g/mol. The minimum Gasteiger partial charge on any atom is -0.456 e. The van der Waals surface area contributed by atoms with Crippen LogP contribution in [0.2, 0.25) is 0 Å². The molecular formula is C46H30N2OS. The summed E-state index contributed by atoms with van der Waals surface area (Å²) in [5.41, 5.74) is 12.0. The lowest BCUT2D eigenvalue weighted by atomic mass is 9.94. The van der Waals surface area contributed by atoms with Gasteiger partial charge in [-0.15, -0.1) is 11.3 Å². The summed E-state index contributed by atoms with van der Waals surface area (Å²) in [7, 11) is 0. The molecule has 1 aliphatic rings. The molecule has 0 saturated heterocycles. The molecule has 236 valence electrons. The van der Waals surface area contributed by atoms with Gasteiger partial charge in [0.25, 0.3) is 0 Å². The zero-order valence-electron chi connectivity index (χ0n) is 27.0.